The summed E-state index contributed by atoms with van der Waals surface area (Å²) in [5.74, 6) is 0.342. The molecule has 0 aromatic heterocycles. The topological polar surface area (TPSA) is 45.3 Å². The van der Waals surface area contributed by atoms with Gasteiger partial charge in [0.15, 0.2) is 0 Å². The first-order valence-electron chi connectivity index (χ1n) is 12.7. The number of likely N-dealkylation sites (N-methyl/N-ethyl adjacent to an activating group) is 1. The van der Waals surface area contributed by atoms with Gasteiger partial charge in [-0.25, -0.2) is 4.79 Å². The number of esters is 1. The van der Waals surface area contributed by atoms with Crippen molar-refractivity contribution in [2.45, 2.75) is 25.6 Å². The second-order valence-corrected chi connectivity index (χ2v) is 9.77. The van der Waals surface area contributed by atoms with Gasteiger partial charge in [0.1, 0.15) is 17.9 Å². The third kappa shape index (κ3) is 5.40. The van der Waals surface area contributed by atoms with E-state index >= 15 is 0 Å². The van der Waals surface area contributed by atoms with Crippen LogP contribution in [0.25, 0.3) is 0 Å². The zero-order valence-electron chi connectivity index (χ0n) is 21.2. The highest BCUT2D eigenvalue weighted by atomic mass is 16.5. The minimum absolute atomic E-state index is 0.178. The highest BCUT2D eigenvalue weighted by Gasteiger charge is 2.32. The van der Waals surface area contributed by atoms with Crippen LogP contribution >= 0.6 is 0 Å². The van der Waals surface area contributed by atoms with E-state index in [2.05, 4.69) is 88.5 Å². The predicted molar refractivity (Wildman–Crippen MR) is 143 cm³/mol. The molecule has 3 aromatic carbocycles. The molecule has 36 heavy (non-hydrogen) atoms. The van der Waals surface area contributed by atoms with Crippen molar-refractivity contribution in [2.24, 2.45) is 0 Å². The van der Waals surface area contributed by atoms with Crippen LogP contribution in [0.2, 0.25) is 0 Å². The molecule has 0 radical (unpaired) electrons. The Hall–Kier alpha value is -3.35. The van der Waals surface area contributed by atoms with Gasteiger partial charge in [-0.1, -0.05) is 60.7 Å². The molecule has 188 valence electrons. The summed E-state index contributed by atoms with van der Waals surface area (Å²) in [5, 5.41) is 0. The highest BCUT2D eigenvalue weighted by Crippen LogP contribution is 2.39. The molecular weight excluding hydrogens is 450 g/mol. The van der Waals surface area contributed by atoms with Crippen LogP contribution in [0, 0.1) is 0 Å². The molecule has 0 unspecified atom stereocenters. The van der Waals surface area contributed by atoms with E-state index in [0.29, 0.717) is 17.9 Å². The first-order valence-corrected chi connectivity index (χ1v) is 12.7. The van der Waals surface area contributed by atoms with Gasteiger partial charge < -0.3 is 19.3 Å². The highest BCUT2D eigenvalue weighted by molar-refractivity contribution is 5.94. The number of rotatable bonds is 7. The van der Waals surface area contributed by atoms with E-state index in [-0.39, 0.29) is 12.0 Å². The van der Waals surface area contributed by atoms with E-state index in [0.717, 1.165) is 51.3 Å². The molecule has 2 aliphatic heterocycles. The Labute approximate surface area is 214 Å². The van der Waals surface area contributed by atoms with Gasteiger partial charge in [0.2, 0.25) is 0 Å². The number of piperazine rings is 1. The molecule has 1 saturated heterocycles. The van der Waals surface area contributed by atoms with Crippen molar-refractivity contribution in [1.82, 2.24) is 9.80 Å². The van der Waals surface area contributed by atoms with Crippen molar-refractivity contribution in [3.63, 3.8) is 0 Å². The van der Waals surface area contributed by atoms with Gasteiger partial charge in [-0.3, -0.25) is 4.90 Å². The third-order valence-electron chi connectivity index (χ3n) is 7.32. The molecule has 0 saturated carbocycles. The number of anilines is 1. The standard InChI is InChI=1S/C30H35N3O3/c1-31-15-17-32(18-16-31)28-14-13-26(30(34)35-2)29-27(28)19-25(22-36-29)33(20-23-9-5-3-6-10-23)21-24-11-7-4-8-12-24/h3-14,25H,15-22H2,1-2H3/t25-/m0/s1. The van der Waals surface area contributed by atoms with Crippen LogP contribution in [0.3, 0.4) is 0 Å². The lowest BCUT2D eigenvalue weighted by atomic mass is 9.95. The van der Waals surface area contributed by atoms with Crippen LogP contribution in [0.5, 0.6) is 5.75 Å². The van der Waals surface area contributed by atoms with Crippen LogP contribution < -0.4 is 9.64 Å². The van der Waals surface area contributed by atoms with Gasteiger partial charge in [-0.15, -0.1) is 0 Å². The lowest BCUT2D eigenvalue weighted by Gasteiger charge is -2.40. The molecule has 6 nitrogen and oxygen atoms in total. The predicted octanol–water partition coefficient (Wildman–Crippen LogP) is 4.23. The molecule has 2 heterocycles. The van der Waals surface area contributed by atoms with E-state index in [1.807, 2.05) is 6.07 Å². The van der Waals surface area contributed by atoms with Crippen molar-refractivity contribution >= 4 is 11.7 Å². The summed E-state index contributed by atoms with van der Waals surface area (Å²) in [5.41, 5.74) is 5.37. The molecule has 2 aliphatic rings. The summed E-state index contributed by atoms with van der Waals surface area (Å²) in [7, 11) is 3.59. The SMILES string of the molecule is COC(=O)c1ccc(N2CCN(C)CC2)c2c1OC[C@@H](N(Cc1ccccc1)Cc1ccccc1)C2. The zero-order chi connectivity index (χ0) is 24.9. The van der Waals surface area contributed by atoms with Crippen molar-refractivity contribution in [3.05, 3.63) is 95.1 Å². The third-order valence-corrected chi connectivity index (χ3v) is 7.32. The Morgan fingerprint density at radius 2 is 1.53 bits per heavy atom. The molecule has 5 rings (SSSR count). The first-order chi connectivity index (χ1) is 17.6. The van der Waals surface area contributed by atoms with E-state index in [4.69, 9.17) is 9.47 Å². The van der Waals surface area contributed by atoms with Crippen LogP contribution in [0.1, 0.15) is 27.0 Å². The molecule has 0 amide bonds. The van der Waals surface area contributed by atoms with Crippen LogP contribution in [0.15, 0.2) is 72.8 Å². The van der Waals surface area contributed by atoms with Crippen LogP contribution in [-0.2, 0) is 24.2 Å². The number of carbonyl (C=O) groups is 1. The van der Waals surface area contributed by atoms with Gasteiger partial charge in [-0.05, 0) is 36.7 Å². The largest absolute Gasteiger partial charge is 0.491 e. The number of benzene rings is 3. The minimum atomic E-state index is -0.347. The van der Waals surface area contributed by atoms with Gasteiger partial charge in [0.05, 0.1) is 7.11 Å². The Morgan fingerprint density at radius 3 is 2.11 bits per heavy atom. The minimum Gasteiger partial charge on any atom is -0.491 e. The maximum Gasteiger partial charge on any atom is 0.341 e. The lowest BCUT2D eigenvalue weighted by molar-refractivity contribution is 0.0587. The second-order valence-electron chi connectivity index (χ2n) is 9.77. The summed E-state index contributed by atoms with van der Waals surface area (Å²) in [6, 6.07) is 25.3. The molecular formula is C30H35N3O3. The summed E-state index contributed by atoms with van der Waals surface area (Å²) in [6.07, 6.45) is 0.821. The number of ether oxygens (including phenoxy) is 2. The Balaban J connectivity index is 1.48. The van der Waals surface area contributed by atoms with Crippen molar-refractivity contribution in [3.8, 4) is 5.75 Å². The van der Waals surface area contributed by atoms with E-state index in [1.165, 1.54) is 23.9 Å². The monoisotopic (exact) mass is 485 g/mol. The first kappa shape index (κ1) is 24.3. The van der Waals surface area contributed by atoms with Crippen molar-refractivity contribution in [2.75, 3.05) is 51.8 Å². The number of carbonyl (C=O) groups excluding carboxylic acids is 1. The smallest absolute Gasteiger partial charge is 0.341 e. The number of methoxy groups -OCH3 is 1. The Morgan fingerprint density at radius 1 is 0.917 bits per heavy atom. The van der Waals surface area contributed by atoms with Gasteiger partial charge in [-0.2, -0.15) is 0 Å². The van der Waals surface area contributed by atoms with E-state index < -0.39 is 0 Å². The summed E-state index contributed by atoms with van der Waals surface area (Å²) in [4.78, 5) is 19.9. The maximum absolute atomic E-state index is 12.6. The van der Waals surface area contributed by atoms with Gasteiger partial charge in [0.25, 0.3) is 0 Å². The maximum atomic E-state index is 12.6. The van der Waals surface area contributed by atoms with Gasteiger partial charge in [0, 0.05) is 56.6 Å². The quantitative estimate of drug-likeness (QED) is 0.467. The molecule has 1 atom stereocenters. The zero-order valence-corrected chi connectivity index (χ0v) is 21.2. The molecule has 3 aromatic rings. The molecule has 0 spiro atoms. The molecule has 0 N–H and O–H groups in total. The second kappa shape index (κ2) is 11.1. The number of nitrogens with zero attached hydrogens (tertiary/aromatic N) is 3. The van der Waals surface area contributed by atoms with Crippen LogP contribution in [-0.4, -0.2) is 68.8 Å². The lowest BCUT2D eigenvalue weighted by Crippen LogP contribution is -2.46. The molecule has 0 aliphatic carbocycles. The number of hydrogen-bond donors (Lipinski definition) is 0. The average molecular weight is 486 g/mol. The fraction of sp³-hybridized carbons (Fsp3) is 0.367. The number of hydrogen-bond acceptors (Lipinski definition) is 6. The Kier molecular flexibility index (Phi) is 7.54. The molecule has 0 bridgehead atoms. The fourth-order valence-corrected chi connectivity index (χ4v) is 5.25. The molecule has 1 fully saturated rings. The van der Waals surface area contributed by atoms with Crippen molar-refractivity contribution in [1.29, 1.82) is 0 Å². The van der Waals surface area contributed by atoms with E-state index in [9.17, 15) is 4.79 Å². The van der Waals surface area contributed by atoms with Crippen molar-refractivity contribution < 1.29 is 14.3 Å². The van der Waals surface area contributed by atoms with Gasteiger partial charge >= 0.3 is 5.97 Å². The summed E-state index contributed by atoms with van der Waals surface area (Å²) >= 11 is 0. The normalized spacial score (nSPS) is 18.0. The Bertz CT molecular complexity index is 1120. The molecule has 6 heteroatoms. The average Bonchev–Trinajstić information content (AvgIpc) is 2.93. The summed E-state index contributed by atoms with van der Waals surface area (Å²) < 4.78 is 11.5. The van der Waals surface area contributed by atoms with Crippen LogP contribution in [0.4, 0.5) is 5.69 Å². The summed E-state index contributed by atoms with van der Waals surface area (Å²) in [6.45, 7) is 6.16. The fourth-order valence-electron chi connectivity index (χ4n) is 5.25. The number of fused-ring (bicyclic) bond motifs is 1. The van der Waals surface area contributed by atoms with E-state index in [1.54, 1.807) is 0 Å².